The van der Waals surface area contributed by atoms with Crippen LogP contribution in [0, 0.1) is 0 Å². The van der Waals surface area contributed by atoms with Gasteiger partial charge in [0.05, 0.1) is 26.9 Å². The Bertz CT molecular complexity index is 680. The Kier molecular flexibility index (Phi) is 5.38. The highest BCUT2D eigenvalue weighted by Gasteiger charge is 2.32. The lowest BCUT2D eigenvalue weighted by Gasteiger charge is -2.16. The van der Waals surface area contributed by atoms with Gasteiger partial charge in [0.1, 0.15) is 28.8 Å². The van der Waals surface area contributed by atoms with Gasteiger partial charge in [0, 0.05) is 18.7 Å². The fourth-order valence-electron chi connectivity index (χ4n) is 2.12. The van der Waals surface area contributed by atoms with Crippen LogP contribution >= 0.6 is 0 Å². The van der Waals surface area contributed by atoms with Crippen molar-refractivity contribution in [2.45, 2.75) is 12.7 Å². The molecular formula is C16H17F3N2O3. The smallest absolute Gasteiger partial charge is 0.433 e. The maximum absolute atomic E-state index is 12.7. The van der Waals surface area contributed by atoms with Crippen molar-refractivity contribution in [2.24, 2.45) is 0 Å². The molecule has 0 saturated heterocycles. The van der Waals surface area contributed by atoms with E-state index in [4.69, 9.17) is 14.2 Å². The lowest BCUT2D eigenvalue weighted by atomic mass is 10.1. The van der Waals surface area contributed by atoms with Gasteiger partial charge in [-0.1, -0.05) is 6.07 Å². The maximum Gasteiger partial charge on any atom is 0.433 e. The molecule has 0 unspecified atom stereocenters. The van der Waals surface area contributed by atoms with Gasteiger partial charge in [0.2, 0.25) is 0 Å². The second-order valence-corrected chi connectivity index (χ2v) is 4.77. The Morgan fingerprint density at radius 2 is 1.62 bits per heavy atom. The monoisotopic (exact) mass is 342 g/mol. The lowest BCUT2D eigenvalue weighted by molar-refractivity contribution is -0.141. The molecule has 130 valence electrons. The molecule has 8 heteroatoms. The van der Waals surface area contributed by atoms with Gasteiger partial charge in [-0.15, -0.1) is 0 Å². The third-order valence-electron chi connectivity index (χ3n) is 3.30. The molecule has 1 aromatic carbocycles. The summed E-state index contributed by atoms with van der Waals surface area (Å²) in [6.45, 7) is 0.171. The van der Waals surface area contributed by atoms with Gasteiger partial charge in [-0.2, -0.15) is 13.2 Å². The minimum absolute atomic E-state index is 0.102. The molecule has 5 nitrogen and oxygen atoms in total. The number of ether oxygens (including phenoxy) is 3. The first-order valence-corrected chi connectivity index (χ1v) is 6.96. The molecular weight excluding hydrogens is 325 g/mol. The number of anilines is 1. The molecule has 0 aliphatic heterocycles. The molecule has 0 aliphatic carbocycles. The van der Waals surface area contributed by atoms with Gasteiger partial charge >= 0.3 is 6.18 Å². The van der Waals surface area contributed by atoms with E-state index in [1.54, 1.807) is 12.1 Å². The van der Waals surface area contributed by atoms with E-state index >= 15 is 0 Å². The fourth-order valence-corrected chi connectivity index (χ4v) is 2.12. The summed E-state index contributed by atoms with van der Waals surface area (Å²) in [5.74, 6) is 1.63. The molecule has 0 fully saturated rings. The Balaban J connectivity index is 2.26. The summed E-state index contributed by atoms with van der Waals surface area (Å²) in [5.41, 5.74) is -0.318. The number of rotatable bonds is 6. The first-order valence-electron chi connectivity index (χ1n) is 6.96. The van der Waals surface area contributed by atoms with E-state index < -0.39 is 11.9 Å². The summed E-state index contributed by atoms with van der Waals surface area (Å²) in [7, 11) is 4.49. The molecule has 0 radical (unpaired) electrons. The van der Waals surface area contributed by atoms with Crippen LogP contribution in [-0.2, 0) is 12.7 Å². The van der Waals surface area contributed by atoms with Crippen molar-refractivity contribution in [2.75, 3.05) is 26.6 Å². The minimum Gasteiger partial charge on any atom is -0.496 e. The van der Waals surface area contributed by atoms with Crippen LogP contribution in [0.4, 0.5) is 19.0 Å². The highest BCUT2D eigenvalue weighted by Crippen LogP contribution is 2.34. The van der Waals surface area contributed by atoms with Crippen molar-refractivity contribution in [3.63, 3.8) is 0 Å². The summed E-state index contributed by atoms with van der Waals surface area (Å²) >= 11 is 0. The Hall–Kier alpha value is -2.64. The molecule has 0 spiro atoms. The number of nitrogens with zero attached hydrogens (tertiary/aromatic N) is 1. The van der Waals surface area contributed by atoms with Crippen molar-refractivity contribution in [1.29, 1.82) is 0 Å². The number of methoxy groups -OCH3 is 3. The van der Waals surface area contributed by atoms with Crippen LogP contribution in [0.5, 0.6) is 17.2 Å². The third kappa shape index (κ3) is 4.01. The Labute approximate surface area is 137 Å². The molecule has 0 saturated carbocycles. The number of alkyl halides is 3. The van der Waals surface area contributed by atoms with Gasteiger partial charge < -0.3 is 19.5 Å². The van der Waals surface area contributed by atoms with Gasteiger partial charge in [-0.05, 0) is 12.1 Å². The van der Waals surface area contributed by atoms with Gasteiger partial charge in [-0.25, -0.2) is 4.98 Å². The molecule has 0 atom stereocenters. The number of nitrogens with one attached hydrogen (secondary N) is 1. The van der Waals surface area contributed by atoms with Crippen LogP contribution < -0.4 is 19.5 Å². The Morgan fingerprint density at radius 1 is 1.00 bits per heavy atom. The minimum atomic E-state index is -4.49. The predicted octanol–water partition coefficient (Wildman–Crippen LogP) is 3.74. The van der Waals surface area contributed by atoms with Crippen molar-refractivity contribution in [3.8, 4) is 17.2 Å². The second kappa shape index (κ2) is 7.29. The van der Waals surface area contributed by atoms with Crippen molar-refractivity contribution in [1.82, 2.24) is 4.98 Å². The Morgan fingerprint density at radius 3 is 2.12 bits per heavy atom. The normalized spacial score (nSPS) is 11.1. The zero-order chi connectivity index (χ0) is 17.7. The average Bonchev–Trinajstić information content (AvgIpc) is 2.58. The van der Waals surface area contributed by atoms with Crippen LogP contribution in [-0.4, -0.2) is 26.3 Å². The van der Waals surface area contributed by atoms with Crippen LogP contribution in [0.1, 0.15) is 11.3 Å². The van der Waals surface area contributed by atoms with E-state index in [0.29, 0.717) is 22.8 Å². The first-order chi connectivity index (χ1) is 11.4. The van der Waals surface area contributed by atoms with E-state index in [-0.39, 0.29) is 12.4 Å². The van der Waals surface area contributed by atoms with Crippen LogP contribution in [0.15, 0.2) is 30.3 Å². The SMILES string of the molecule is COc1cc(OC)c(CNc2cccc(C(F)(F)F)n2)c(OC)c1. The van der Waals surface area contributed by atoms with Crippen molar-refractivity contribution >= 4 is 5.82 Å². The summed E-state index contributed by atoms with van der Waals surface area (Å²) in [4.78, 5) is 3.56. The van der Waals surface area contributed by atoms with E-state index in [9.17, 15) is 13.2 Å². The molecule has 2 rings (SSSR count). The number of hydrogen-bond acceptors (Lipinski definition) is 5. The highest BCUT2D eigenvalue weighted by molar-refractivity contribution is 5.52. The molecule has 1 aromatic heterocycles. The summed E-state index contributed by atoms with van der Waals surface area (Å²) in [5, 5.41) is 2.85. The third-order valence-corrected chi connectivity index (χ3v) is 3.30. The molecule has 1 heterocycles. The fraction of sp³-hybridized carbons (Fsp3) is 0.312. The zero-order valence-electron chi connectivity index (χ0n) is 13.4. The average molecular weight is 342 g/mol. The molecule has 1 N–H and O–H groups in total. The molecule has 0 aliphatic rings. The second-order valence-electron chi connectivity index (χ2n) is 4.77. The van der Waals surface area contributed by atoms with Crippen LogP contribution in [0.3, 0.4) is 0 Å². The van der Waals surface area contributed by atoms with Gasteiger partial charge in [0.15, 0.2) is 0 Å². The van der Waals surface area contributed by atoms with Gasteiger partial charge in [0.25, 0.3) is 0 Å². The summed E-state index contributed by atoms with van der Waals surface area (Å²) < 4.78 is 53.9. The summed E-state index contributed by atoms with van der Waals surface area (Å²) in [6, 6.07) is 7.00. The maximum atomic E-state index is 12.7. The van der Waals surface area contributed by atoms with E-state index in [2.05, 4.69) is 10.3 Å². The molecule has 0 amide bonds. The highest BCUT2D eigenvalue weighted by atomic mass is 19.4. The number of pyridine rings is 1. The molecule has 0 bridgehead atoms. The van der Waals surface area contributed by atoms with Crippen molar-refractivity contribution in [3.05, 3.63) is 41.6 Å². The number of aromatic nitrogens is 1. The topological polar surface area (TPSA) is 52.6 Å². The number of hydrogen-bond donors (Lipinski definition) is 1. The van der Waals surface area contributed by atoms with Crippen molar-refractivity contribution < 1.29 is 27.4 Å². The van der Waals surface area contributed by atoms with Gasteiger partial charge in [-0.3, -0.25) is 0 Å². The first kappa shape index (κ1) is 17.7. The largest absolute Gasteiger partial charge is 0.496 e. The van der Waals surface area contributed by atoms with E-state index in [0.717, 1.165) is 6.07 Å². The lowest BCUT2D eigenvalue weighted by Crippen LogP contribution is -2.11. The zero-order valence-corrected chi connectivity index (χ0v) is 13.4. The standard InChI is InChI=1S/C16H17F3N2O3/c1-22-10-7-12(23-2)11(13(8-10)24-3)9-20-15-6-4-5-14(21-15)16(17,18)19/h4-8H,9H2,1-3H3,(H,20,21). The predicted molar refractivity (Wildman–Crippen MR) is 82.7 cm³/mol. The quantitative estimate of drug-likeness (QED) is 0.867. The number of halogens is 3. The molecule has 24 heavy (non-hydrogen) atoms. The van der Waals surface area contributed by atoms with E-state index in [1.807, 2.05) is 0 Å². The van der Waals surface area contributed by atoms with Crippen LogP contribution in [0.2, 0.25) is 0 Å². The van der Waals surface area contributed by atoms with Crippen LogP contribution in [0.25, 0.3) is 0 Å². The molecule has 2 aromatic rings. The number of benzene rings is 1. The summed E-state index contributed by atoms with van der Waals surface area (Å²) in [6.07, 6.45) is -4.49. The van der Waals surface area contributed by atoms with E-state index in [1.165, 1.54) is 33.5 Å².